The Morgan fingerprint density at radius 3 is 2.33 bits per heavy atom. The van der Waals surface area contributed by atoms with Crippen LogP contribution < -0.4 is 22.5 Å². The molecule has 0 aromatic carbocycles. The van der Waals surface area contributed by atoms with Gasteiger partial charge in [0.2, 0.25) is 0 Å². The van der Waals surface area contributed by atoms with Gasteiger partial charge in [0, 0.05) is 0 Å². The first-order valence-electron chi connectivity index (χ1n) is 4.22. The van der Waals surface area contributed by atoms with Gasteiger partial charge in [-0.25, -0.2) is 0 Å². The van der Waals surface area contributed by atoms with Crippen molar-refractivity contribution in [1.29, 1.82) is 0 Å². The summed E-state index contributed by atoms with van der Waals surface area (Å²) >= 11 is 0. The quantitative estimate of drug-likeness (QED) is 0.249. The lowest BCUT2D eigenvalue weighted by Gasteiger charge is -2.14. The minimum absolute atomic E-state index is 0.126. The second-order valence-corrected chi connectivity index (χ2v) is 3.09. The normalized spacial score (nSPS) is 16.5. The Morgan fingerprint density at radius 2 is 1.92 bits per heavy atom. The Kier molecular flexibility index (Phi) is 6.23. The first kappa shape index (κ1) is 11.8. The van der Waals surface area contributed by atoms with Gasteiger partial charge in [-0.1, -0.05) is 6.92 Å². The van der Waals surface area contributed by atoms with E-state index in [1.54, 1.807) is 0 Å². The summed E-state index contributed by atoms with van der Waals surface area (Å²) in [6.45, 7) is 2.67. The van der Waals surface area contributed by atoms with Crippen molar-refractivity contribution in [2.24, 2.45) is 23.1 Å². The van der Waals surface area contributed by atoms with Crippen molar-refractivity contribution >= 4 is 0 Å². The molecule has 0 rings (SSSR count). The zero-order valence-electron chi connectivity index (χ0n) is 7.53. The Labute approximate surface area is 73.3 Å². The summed E-state index contributed by atoms with van der Waals surface area (Å²) < 4.78 is 0. The van der Waals surface area contributed by atoms with Crippen molar-refractivity contribution in [3.8, 4) is 0 Å². The van der Waals surface area contributed by atoms with Gasteiger partial charge in [-0.15, -0.1) is 0 Å². The van der Waals surface area contributed by atoms with Crippen molar-refractivity contribution in [3.63, 3.8) is 0 Å². The maximum atomic E-state index is 8.94. The molecule has 2 atom stereocenters. The van der Waals surface area contributed by atoms with Crippen LogP contribution in [0.1, 0.15) is 19.8 Å². The van der Waals surface area contributed by atoms with Crippen LogP contribution in [-0.2, 0) is 0 Å². The number of hydrogen-bond acceptors (Lipinski definition) is 5. The molecule has 0 aliphatic heterocycles. The highest BCUT2D eigenvalue weighted by atomic mass is 16.3. The van der Waals surface area contributed by atoms with Crippen LogP contribution in [0.5, 0.6) is 0 Å². The third-order valence-electron chi connectivity index (χ3n) is 1.80. The molecule has 12 heavy (non-hydrogen) atoms. The molecule has 5 nitrogen and oxygen atoms in total. The third kappa shape index (κ3) is 6.51. The minimum Gasteiger partial charge on any atom is -0.379 e. The maximum Gasteiger partial charge on any atom is 0.106 e. The first-order chi connectivity index (χ1) is 5.54. The molecule has 2 unspecified atom stereocenters. The van der Waals surface area contributed by atoms with Gasteiger partial charge in [0.1, 0.15) is 12.5 Å². The van der Waals surface area contributed by atoms with Crippen LogP contribution >= 0.6 is 0 Å². The van der Waals surface area contributed by atoms with Crippen LogP contribution in [0.15, 0.2) is 0 Å². The van der Waals surface area contributed by atoms with E-state index < -0.39 is 12.5 Å². The zero-order valence-corrected chi connectivity index (χ0v) is 7.53. The molecular formula is C7H20N4O. The molecule has 0 aromatic heterocycles. The van der Waals surface area contributed by atoms with Gasteiger partial charge in [-0.05, 0) is 25.3 Å². The van der Waals surface area contributed by atoms with Crippen LogP contribution in [0, 0.1) is 5.92 Å². The topological polar surface area (TPSA) is 110 Å². The molecule has 0 bridgehead atoms. The summed E-state index contributed by atoms with van der Waals surface area (Å²) in [4.78, 5) is 0. The SMILES string of the molecule is CC(CCCNC(N)N)C(N)O. The zero-order chi connectivity index (χ0) is 9.56. The number of nitrogens with one attached hydrogen (secondary N) is 1. The van der Waals surface area contributed by atoms with Crippen LogP contribution in [0.25, 0.3) is 0 Å². The highest BCUT2D eigenvalue weighted by Gasteiger charge is 2.07. The van der Waals surface area contributed by atoms with E-state index in [1.807, 2.05) is 6.92 Å². The molecule has 0 spiro atoms. The average molecular weight is 176 g/mol. The molecule has 0 amide bonds. The predicted octanol–water partition coefficient (Wildman–Crippen LogP) is -1.53. The predicted molar refractivity (Wildman–Crippen MR) is 48.8 cm³/mol. The Balaban J connectivity index is 3.20. The van der Waals surface area contributed by atoms with Gasteiger partial charge in [0.05, 0.1) is 0 Å². The summed E-state index contributed by atoms with van der Waals surface area (Å²) in [5.41, 5.74) is 15.8. The highest BCUT2D eigenvalue weighted by molar-refractivity contribution is 4.59. The fourth-order valence-electron chi connectivity index (χ4n) is 0.864. The smallest absolute Gasteiger partial charge is 0.106 e. The molecule has 0 heterocycles. The molecule has 0 aliphatic carbocycles. The molecule has 0 saturated carbocycles. The molecule has 0 fully saturated rings. The van der Waals surface area contributed by atoms with Gasteiger partial charge in [-0.2, -0.15) is 0 Å². The van der Waals surface area contributed by atoms with E-state index in [4.69, 9.17) is 22.3 Å². The van der Waals surface area contributed by atoms with Gasteiger partial charge in [0.15, 0.2) is 0 Å². The van der Waals surface area contributed by atoms with Crippen LogP contribution in [-0.4, -0.2) is 24.2 Å². The number of rotatable bonds is 6. The van der Waals surface area contributed by atoms with Crippen molar-refractivity contribution in [2.45, 2.75) is 32.3 Å². The summed E-state index contributed by atoms with van der Waals surface area (Å²) in [6, 6.07) is 0. The lowest BCUT2D eigenvalue weighted by Crippen LogP contribution is -2.45. The van der Waals surface area contributed by atoms with E-state index in [1.165, 1.54) is 0 Å². The lowest BCUT2D eigenvalue weighted by atomic mass is 10.0. The first-order valence-corrected chi connectivity index (χ1v) is 4.22. The Bertz CT molecular complexity index is 108. The highest BCUT2D eigenvalue weighted by Crippen LogP contribution is 2.05. The van der Waals surface area contributed by atoms with Crippen molar-refractivity contribution in [1.82, 2.24) is 5.32 Å². The van der Waals surface area contributed by atoms with E-state index in [-0.39, 0.29) is 5.92 Å². The summed E-state index contributed by atoms with van der Waals surface area (Å²) in [7, 11) is 0. The van der Waals surface area contributed by atoms with Crippen molar-refractivity contribution < 1.29 is 5.11 Å². The summed E-state index contributed by atoms with van der Waals surface area (Å²) in [5.74, 6) is 0.126. The van der Waals surface area contributed by atoms with E-state index in [2.05, 4.69) is 5.32 Å². The second kappa shape index (κ2) is 6.33. The largest absolute Gasteiger partial charge is 0.379 e. The van der Waals surface area contributed by atoms with E-state index >= 15 is 0 Å². The molecule has 0 radical (unpaired) electrons. The summed E-state index contributed by atoms with van der Waals surface area (Å²) in [6.07, 6.45) is 0.609. The van der Waals surface area contributed by atoms with E-state index in [0.29, 0.717) is 0 Å². The van der Waals surface area contributed by atoms with Crippen LogP contribution in [0.2, 0.25) is 0 Å². The molecule has 0 aromatic rings. The van der Waals surface area contributed by atoms with Gasteiger partial charge >= 0.3 is 0 Å². The van der Waals surface area contributed by atoms with E-state index in [9.17, 15) is 0 Å². The molecule has 8 N–H and O–H groups in total. The lowest BCUT2D eigenvalue weighted by molar-refractivity contribution is 0.117. The molecule has 74 valence electrons. The van der Waals surface area contributed by atoms with Crippen molar-refractivity contribution in [3.05, 3.63) is 0 Å². The Hall–Kier alpha value is -0.200. The van der Waals surface area contributed by atoms with Gasteiger partial charge < -0.3 is 22.3 Å². The maximum absolute atomic E-state index is 8.94. The number of hydrogen-bond donors (Lipinski definition) is 5. The standard InChI is InChI=1S/C7H20N4O/c1-5(6(8)12)3-2-4-11-7(9)10/h5-7,11-12H,2-4,8-10H2,1H3. The number of nitrogens with two attached hydrogens (primary N) is 3. The monoisotopic (exact) mass is 176 g/mol. The number of aliphatic hydroxyl groups is 1. The van der Waals surface area contributed by atoms with Crippen molar-refractivity contribution in [2.75, 3.05) is 6.54 Å². The number of aliphatic hydroxyl groups excluding tert-OH is 1. The fourth-order valence-corrected chi connectivity index (χ4v) is 0.864. The average Bonchev–Trinajstić information content (AvgIpc) is 1.97. The van der Waals surface area contributed by atoms with Crippen LogP contribution in [0.4, 0.5) is 0 Å². The van der Waals surface area contributed by atoms with Gasteiger partial charge in [0.25, 0.3) is 0 Å². The van der Waals surface area contributed by atoms with E-state index in [0.717, 1.165) is 19.4 Å². The molecule has 0 aliphatic rings. The Morgan fingerprint density at radius 1 is 1.33 bits per heavy atom. The fraction of sp³-hybridized carbons (Fsp3) is 1.00. The molecular weight excluding hydrogens is 156 g/mol. The third-order valence-corrected chi connectivity index (χ3v) is 1.80. The molecule has 5 heteroatoms. The van der Waals surface area contributed by atoms with Gasteiger partial charge in [-0.3, -0.25) is 5.32 Å². The minimum atomic E-state index is -0.725. The second-order valence-electron chi connectivity index (χ2n) is 3.09. The van der Waals surface area contributed by atoms with Crippen LogP contribution in [0.3, 0.4) is 0 Å². The summed E-state index contributed by atoms with van der Waals surface area (Å²) in [5, 5.41) is 11.8. The molecule has 0 saturated heterocycles.